The van der Waals surface area contributed by atoms with E-state index in [1.165, 1.54) is 51.0 Å². The van der Waals surface area contributed by atoms with Gasteiger partial charge in [-0.05, 0) is 29.7 Å². The molecule has 12 nitrogen and oxygen atoms in total. The van der Waals surface area contributed by atoms with Crippen LogP contribution in [0.2, 0.25) is 0 Å². The van der Waals surface area contributed by atoms with Gasteiger partial charge in [0.25, 0.3) is 5.91 Å². The second kappa shape index (κ2) is 19.4. The molecule has 4 aromatic rings. The van der Waals surface area contributed by atoms with Crippen LogP contribution in [-0.4, -0.2) is 76.6 Å². The van der Waals surface area contributed by atoms with Crippen LogP contribution in [0.15, 0.2) is 40.9 Å². The van der Waals surface area contributed by atoms with Crippen LogP contribution in [0.4, 0.5) is 38.0 Å². The molecule has 0 bridgehead atoms. The lowest BCUT2D eigenvalue weighted by atomic mass is 10.0. The lowest BCUT2D eigenvalue weighted by Crippen LogP contribution is -2.26. The van der Waals surface area contributed by atoms with Gasteiger partial charge in [0.05, 0.1) is 32.5 Å². The number of methoxy groups -OCH3 is 2. The van der Waals surface area contributed by atoms with E-state index in [1.54, 1.807) is 0 Å². The Labute approximate surface area is 290 Å². The Morgan fingerprint density at radius 2 is 1.26 bits per heavy atom. The predicted octanol–water partition coefficient (Wildman–Crippen LogP) is 5.74. The molecule has 0 fully saturated rings. The summed E-state index contributed by atoms with van der Waals surface area (Å²) in [4.78, 5) is 44.8. The second-order valence-electron chi connectivity index (χ2n) is 9.03. The molecule has 0 atom stereocenters. The number of rotatable bonds is 10. The monoisotopic (exact) mass is 747 g/mol. The molecule has 20 heteroatoms. The molecule has 1 amide bonds. The van der Waals surface area contributed by atoms with Crippen molar-refractivity contribution < 1.29 is 50.2 Å². The summed E-state index contributed by atoms with van der Waals surface area (Å²) in [7, 11) is 5.11. The van der Waals surface area contributed by atoms with Gasteiger partial charge in [-0.3, -0.25) is 14.4 Å². The van der Waals surface area contributed by atoms with Crippen molar-refractivity contribution >= 4 is 46.8 Å². The van der Waals surface area contributed by atoms with E-state index < -0.39 is 52.0 Å². The Bertz CT molecular complexity index is 1830. The van der Waals surface area contributed by atoms with Crippen molar-refractivity contribution in [2.24, 2.45) is 0 Å². The number of carbonyl (C=O) groups excluding carboxylic acids is 2. The van der Waals surface area contributed by atoms with Crippen molar-refractivity contribution in [3.63, 3.8) is 0 Å². The number of benzene rings is 2. The average molecular weight is 748 g/mol. The van der Waals surface area contributed by atoms with Gasteiger partial charge >= 0.3 is 0 Å². The van der Waals surface area contributed by atoms with Crippen molar-refractivity contribution in [3.8, 4) is 11.5 Å². The molecule has 0 aliphatic heterocycles. The Kier molecular flexibility index (Phi) is 16.0. The number of aromatic nitrogens is 4. The molecule has 50 heavy (non-hydrogen) atoms. The van der Waals surface area contributed by atoms with Crippen molar-refractivity contribution in [1.82, 2.24) is 25.0 Å². The van der Waals surface area contributed by atoms with Crippen LogP contribution >= 0.6 is 23.5 Å². The number of ketones is 1. The zero-order valence-corrected chi connectivity index (χ0v) is 29.0. The third-order valence-electron chi connectivity index (χ3n) is 5.96. The van der Waals surface area contributed by atoms with Gasteiger partial charge in [0, 0.05) is 19.4 Å². The number of hydrogen-bond acceptors (Lipinski definition) is 13. The van der Waals surface area contributed by atoms with Crippen molar-refractivity contribution in [3.05, 3.63) is 82.2 Å². The van der Waals surface area contributed by atoms with Gasteiger partial charge in [0.2, 0.25) is 17.4 Å². The first kappa shape index (κ1) is 41.4. The van der Waals surface area contributed by atoms with E-state index in [1.807, 2.05) is 13.8 Å². The molecule has 0 aliphatic carbocycles. The number of hydrogen-bond donors (Lipinski definition) is 2. The summed E-state index contributed by atoms with van der Waals surface area (Å²) in [6.07, 6.45) is 2.57. The third-order valence-corrected chi connectivity index (χ3v) is 7.45. The SMILES string of the molecule is CCSc1ncc(C(=O)N(C)OC)c(N)n1.CCSc1ncc(C(=O)c2cc(F)c(F)c(F)c2OC)c(N)n1.COc1ccc(F)c(F)c1F. The highest BCUT2D eigenvalue weighted by atomic mass is 32.2. The van der Waals surface area contributed by atoms with Crippen LogP contribution in [0.25, 0.3) is 0 Å². The molecule has 0 spiro atoms. The smallest absolute Gasteiger partial charge is 0.282 e. The van der Waals surface area contributed by atoms with Gasteiger partial charge in [-0.15, -0.1) is 0 Å². The maximum absolute atomic E-state index is 13.7. The van der Waals surface area contributed by atoms with Gasteiger partial charge in [-0.2, -0.15) is 8.78 Å². The summed E-state index contributed by atoms with van der Waals surface area (Å²) in [5.74, 6) is -9.52. The van der Waals surface area contributed by atoms with E-state index >= 15 is 0 Å². The van der Waals surface area contributed by atoms with Gasteiger partial charge in [0.1, 0.15) is 17.2 Å². The lowest BCUT2D eigenvalue weighted by molar-refractivity contribution is -0.0756. The molecule has 0 aliphatic rings. The number of thioether (sulfide) groups is 2. The fourth-order valence-corrected chi connectivity index (χ4v) is 4.60. The van der Waals surface area contributed by atoms with E-state index in [0.29, 0.717) is 22.1 Å². The van der Waals surface area contributed by atoms with E-state index in [-0.39, 0.29) is 34.4 Å². The standard InChI is InChI=1S/C14H12F3N3O2S.C9H14N4O2S.C7H5F3O/c1-3-23-14-19-5-7(13(18)20-14)11(21)6-4-8(15)9(16)10(17)12(6)22-2;1-4-16-9-11-5-6(7(10)12-9)8(14)13(2)15-3;1-11-5-3-2-4(8)6(9)7(5)10/h4-5H,3H2,1-2H3,(H2,18,19,20);5H,4H2,1-3H3,(H2,10,11,12);2-3H,1H3. The molecule has 0 saturated carbocycles. The summed E-state index contributed by atoms with van der Waals surface area (Å²) >= 11 is 2.78. The molecule has 270 valence electrons. The second-order valence-corrected chi connectivity index (χ2v) is 11.5. The first-order chi connectivity index (χ1) is 23.7. The summed E-state index contributed by atoms with van der Waals surface area (Å²) < 4.78 is 86.5. The van der Waals surface area contributed by atoms with E-state index in [2.05, 4.69) is 29.4 Å². The number of hydroxylamine groups is 2. The number of carbonyl (C=O) groups is 2. The highest BCUT2D eigenvalue weighted by Crippen LogP contribution is 2.30. The van der Waals surface area contributed by atoms with E-state index in [0.717, 1.165) is 36.3 Å². The fourth-order valence-electron chi connectivity index (χ4n) is 3.50. The zero-order valence-electron chi connectivity index (χ0n) is 27.3. The van der Waals surface area contributed by atoms with Gasteiger partial charge in [-0.1, -0.05) is 37.4 Å². The number of amides is 1. The highest BCUT2D eigenvalue weighted by Gasteiger charge is 2.26. The maximum Gasteiger partial charge on any atom is 0.282 e. The predicted molar refractivity (Wildman–Crippen MR) is 174 cm³/mol. The molecule has 0 saturated heterocycles. The minimum absolute atomic E-state index is 0.145. The Morgan fingerprint density at radius 3 is 1.72 bits per heavy atom. The number of nitrogen functional groups attached to an aromatic ring is 2. The summed E-state index contributed by atoms with van der Waals surface area (Å²) in [6, 6.07) is 2.37. The quantitative estimate of drug-likeness (QED) is 0.0503. The molecule has 4 N–H and O–H groups in total. The minimum Gasteiger partial charge on any atom is -0.494 e. The molecule has 2 aromatic heterocycles. The Balaban J connectivity index is 0.000000279. The van der Waals surface area contributed by atoms with E-state index in [9.17, 15) is 35.9 Å². The van der Waals surface area contributed by atoms with Gasteiger partial charge in [0.15, 0.2) is 45.1 Å². The fraction of sp³-hybridized carbons (Fsp3) is 0.267. The van der Waals surface area contributed by atoms with Gasteiger partial charge in [-0.25, -0.2) is 42.6 Å². The molecule has 0 unspecified atom stereocenters. The molecular formula is C30H31F6N7O5S2. The summed E-state index contributed by atoms with van der Waals surface area (Å²) in [5, 5.41) is 2.00. The Hall–Kier alpha value is -4.82. The normalized spacial score (nSPS) is 10.3. The van der Waals surface area contributed by atoms with Crippen LogP contribution < -0.4 is 20.9 Å². The Morgan fingerprint density at radius 1 is 0.740 bits per heavy atom. The third kappa shape index (κ3) is 10.3. The molecule has 0 radical (unpaired) electrons. The summed E-state index contributed by atoms with van der Waals surface area (Å²) in [5.41, 5.74) is 11.0. The van der Waals surface area contributed by atoms with Crippen LogP contribution in [0.5, 0.6) is 11.5 Å². The van der Waals surface area contributed by atoms with Crippen LogP contribution in [0.1, 0.15) is 40.1 Å². The number of nitrogens with zero attached hydrogens (tertiary/aromatic N) is 5. The van der Waals surface area contributed by atoms with Gasteiger partial charge < -0.3 is 20.9 Å². The first-order valence-electron chi connectivity index (χ1n) is 13.9. The van der Waals surface area contributed by atoms with Crippen LogP contribution in [0.3, 0.4) is 0 Å². The largest absolute Gasteiger partial charge is 0.494 e. The first-order valence-corrected chi connectivity index (χ1v) is 15.9. The van der Waals surface area contributed by atoms with Crippen LogP contribution in [-0.2, 0) is 4.84 Å². The number of ether oxygens (including phenoxy) is 2. The minimum atomic E-state index is -1.72. The average Bonchev–Trinajstić information content (AvgIpc) is 3.09. The zero-order chi connectivity index (χ0) is 37.7. The molecule has 2 aromatic carbocycles. The van der Waals surface area contributed by atoms with Crippen molar-refractivity contribution in [1.29, 1.82) is 0 Å². The van der Waals surface area contributed by atoms with E-state index in [4.69, 9.17) is 16.3 Å². The topological polar surface area (TPSA) is 169 Å². The lowest BCUT2D eigenvalue weighted by Gasteiger charge is -2.14. The highest BCUT2D eigenvalue weighted by molar-refractivity contribution is 7.99. The van der Waals surface area contributed by atoms with Crippen molar-refractivity contribution in [2.75, 3.05) is 51.4 Å². The van der Waals surface area contributed by atoms with Crippen LogP contribution in [0, 0.1) is 34.9 Å². The molecular weight excluding hydrogens is 716 g/mol. The van der Waals surface area contributed by atoms with Crippen molar-refractivity contribution in [2.45, 2.75) is 24.2 Å². The maximum atomic E-state index is 13.7. The molecule has 2 heterocycles. The number of halogens is 6. The number of nitrogens with two attached hydrogens (primary N) is 2. The number of anilines is 2. The molecule has 4 rings (SSSR count). The summed E-state index contributed by atoms with van der Waals surface area (Å²) in [6.45, 7) is 3.88.